The average Bonchev–Trinajstić information content (AvgIpc) is 3.36. The Balaban J connectivity index is 1.39. The van der Waals surface area contributed by atoms with Gasteiger partial charge in [0.25, 0.3) is 0 Å². The highest BCUT2D eigenvalue weighted by molar-refractivity contribution is 6.03. The first-order valence-electron chi connectivity index (χ1n) is 9.70. The molecule has 0 spiro atoms. The van der Waals surface area contributed by atoms with Crippen molar-refractivity contribution in [3.63, 3.8) is 0 Å². The Morgan fingerprint density at radius 1 is 1.24 bits per heavy atom. The minimum absolute atomic E-state index is 0.208. The summed E-state index contributed by atoms with van der Waals surface area (Å²) in [5.74, 6) is 0.0996. The van der Waals surface area contributed by atoms with Gasteiger partial charge in [0.15, 0.2) is 5.65 Å². The summed E-state index contributed by atoms with van der Waals surface area (Å²) in [5.41, 5.74) is 4.91. The smallest absolute Gasteiger partial charge is 0.339 e. The molecule has 146 valence electrons. The van der Waals surface area contributed by atoms with E-state index in [9.17, 15) is 4.79 Å². The first kappa shape index (κ1) is 17.6. The van der Waals surface area contributed by atoms with Gasteiger partial charge in [-0.3, -0.25) is 4.68 Å². The summed E-state index contributed by atoms with van der Waals surface area (Å²) in [6.45, 7) is 2.10. The number of aryl methyl sites for hydroxylation is 2. The Bertz CT molecular complexity index is 1190. The zero-order valence-corrected chi connectivity index (χ0v) is 16.4. The van der Waals surface area contributed by atoms with E-state index in [2.05, 4.69) is 10.2 Å². The van der Waals surface area contributed by atoms with E-state index >= 15 is 0 Å². The molecular formula is C22H21N5O2. The van der Waals surface area contributed by atoms with Crippen LogP contribution >= 0.6 is 0 Å². The second-order valence-corrected chi connectivity index (χ2v) is 7.47. The molecule has 29 heavy (non-hydrogen) atoms. The number of carbonyl (C=O) groups is 1. The highest BCUT2D eigenvalue weighted by Gasteiger charge is 2.28. The molecule has 0 saturated heterocycles. The van der Waals surface area contributed by atoms with Crippen molar-refractivity contribution < 1.29 is 9.53 Å². The van der Waals surface area contributed by atoms with Gasteiger partial charge in [0.1, 0.15) is 6.61 Å². The van der Waals surface area contributed by atoms with Crippen molar-refractivity contribution in [2.24, 2.45) is 7.05 Å². The topological polar surface area (TPSA) is 74.8 Å². The molecule has 1 fully saturated rings. The number of hydrogen-bond acceptors (Lipinski definition) is 5. The Morgan fingerprint density at radius 2 is 2.03 bits per heavy atom. The molecule has 0 aliphatic heterocycles. The Labute approximate surface area is 167 Å². The molecule has 0 unspecified atom stereocenters. The Hall–Kier alpha value is -3.48. The zero-order chi connectivity index (χ0) is 20.0. The fraction of sp³-hybridized carbons (Fsp3) is 0.273. The maximum absolute atomic E-state index is 12.9. The molecule has 5 rings (SSSR count). The predicted octanol–water partition coefficient (Wildman–Crippen LogP) is 3.70. The summed E-state index contributed by atoms with van der Waals surface area (Å²) in [5, 5.41) is 9.43. The van der Waals surface area contributed by atoms with E-state index in [1.165, 1.54) is 0 Å². The van der Waals surface area contributed by atoms with E-state index in [4.69, 9.17) is 9.72 Å². The maximum atomic E-state index is 12.9. The number of nitrogens with zero attached hydrogens (tertiary/aromatic N) is 5. The minimum Gasteiger partial charge on any atom is -0.457 e. The van der Waals surface area contributed by atoms with Crippen LogP contribution in [0.15, 0.2) is 48.8 Å². The number of esters is 1. The van der Waals surface area contributed by atoms with Crippen LogP contribution in [0, 0.1) is 6.92 Å². The normalized spacial score (nSPS) is 13.7. The van der Waals surface area contributed by atoms with Gasteiger partial charge >= 0.3 is 5.97 Å². The summed E-state index contributed by atoms with van der Waals surface area (Å²) in [6, 6.07) is 11.6. The van der Waals surface area contributed by atoms with Gasteiger partial charge in [0.05, 0.1) is 22.3 Å². The van der Waals surface area contributed by atoms with Crippen molar-refractivity contribution in [2.75, 3.05) is 0 Å². The van der Waals surface area contributed by atoms with Crippen LogP contribution in [0.2, 0.25) is 0 Å². The molecule has 0 radical (unpaired) electrons. The van der Waals surface area contributed by atoms with Gasteiger partial charge < -0.3 is 4.74 Å². The average molecular weight is 387 g/mol. The second-order valence-electron chi connectivity index (χ2n) is 7.47. The molecule has 0 N–H and O–H groups in total. The van der Waals surface area contributed by atoms with E-state index in [1.54, 1.807) is 15.6 Å². The fourth-order valence-electron chi connectivity index (χ4n) is 3.61. The number of ether oxygens (including phenoxy) is 1. The van der Waals surface area contributed by atoms with Crippen molar-refractivity contribution in [1.82, 2.24) is 24.5 Å². The molecule has 1 aliphatic rings. The third-order valence-corrected chi connectivity index (χ3v) is 5.28. The maximum Gasteiger partial charge on any atom is 0.339 e. The number of benzene rings is 1. The van der Waals surface area contributed by atoms with Crippen LogP contribution in [-0.2, 0) is 18.4 Å². The van der Waals surface area contributed by atoms with Crippen LogP contribution in [0.25, 0.3) is 16.7 Å². The van der Waals surface area contributed by atoms with Crippen LogP contribution in [0.4, 0.5) is 0 Å². The van der Waals surface area contributed by atoms with Crippen molar-refractivity contribution in [1.29, 1.82) is 0 Å². The van der Waals surface area contributed by atoms with Crippen molar-refractivity contribution in [2.45, 2.75) is 32.3 Å². The molecule has 7 heteroatoms. The minimum atomic E-state index is -0.341. The molecule has 1 aromatic carbocycles. The van der Waals surface area contributed by atoms with E-state index in [0.717, 1.165) is 46.5 Å². The summed E-state index contributed by atoms with van der Waals surface area (Å²) in [7, 11) is 1.86. The molecule has 0 amide bonds. The van der Waals surface area contributed by atoms with Crippen LogP contribution in [0.3, 0.4) is 0 Å². The van der Waals surface area contributed by atoms with Gasteiger partial charge in [-0.15, -0.1) is 0 Å². The number of fused-ring (bicyclic) bond motifs is 1. The molecular weight excluding hydrogens is 366 g/mol. The van der Waals surface area contributed by atoms with Gasteiger partial charge in [-0.05, 0) is 49.6 Å². The van der Waals surface area contributed by atoms with Crippen LogP contribution in [-0.4, -0.2) is 30.5 Å². The van der Waals surface area contributed by atoms with Crippen molar-refractivity contribution in [3.8, 4) is 5.69 Å². The van der Waals surface area contributed by atoms with E-state index in [0.29, 0.717) is 11.5 Å². The third kappa shape index (κ3) is 3.29. The molecule has 4 aromatic rings. The summed E-state index contributed by atoms with van der Waals surface area (Å²) >= 11 is 0. The number of carbonyl (C=O) groups excluding carboxylic acids is 1. The standard InChI is InChI=1S/C22H21N5O2/c1-14-20-18(12-19(16-6-7-16)24-21(20)26(2)25-14)22(28)29-13-15-4-8-17(9-5-15)27-11-3-10-23-27/h3-5,8-12,16H,6-7,13H2,1-2H3. The third-order valence-electron chi connectivity index (χ3n) is 5.28. The lowest BCUT2D eigenvalue weighted by Gasteiger charge is -2.09. The van der Waals surface area contributed by atoms with Gasteiger partial charge in [-0.25, -0.2) is 14.5 Å². The van der Waals surface area contributed by atoms with Crippen molar-refractivity contribution in [3.05, 3.63) is 71.3 Å². The molecule has 1 saturated carbocycles. The molecule has 7 nitrogen and oxygen atoms in total. The van der Waals surface area contributed by atoms with Gasteiger partial charge in [0.2, 0.25) is 0 Å². The van der Waals surface area contributed by atoms with Gasteiger partial charge in [0, 0.05) is 31.1 Å². The van der Waals surface area contributed by atoms with Crippen LogP contribution < -0.4 is 0 Å². The first-order valence-corrected chi connectivity index (χ1v) is 9.70. The summed E-state index contributed by atoms with van der Waals surface area (Å²) in [6.07, 6.45) is 5.86. The van der Waals surface area contributed by atoms with E-state index in [1.807, 2.05) is 56.6 Å². The van der Waals surface area contributed by atoms with Crippen LogP contribution in [0.1, 0.15) is 46.1 Å². The lowest BCUT2D eigenvalue weighted by molar-refractivity contribution is 0.0475. The molecule has 1 aliphatic carbocycles. The zero-order valence-electron chi connectivity index (χ0n) is 16.4. The molecule has 3 aromatic heterocycles. The molecule has 0 atom stereocenters. The first-order chi connectivity index (χ1) is 14.1. The number of aromatic nitrogens is 5. The largest absolute Gasteiger partial charge is 0.457 e. The number of hydrogen-bond donors (Lipinski definition) is 0. The van der Waals surface area contributed by atoms with E-state index in [-0.39, 0.29) is 12.6 Å². The number of rotatable bonds is 5. The monoisotopic (exact) mass is 387 g/mol. The van der Waals surface area contributed by atoms with Gasteiger partial charge in [-0.2, -0.15) is 10.2 Å². The number of pyridine rings is 1. The van der Waals surface area contributed by atoms with E-state index < -0.39 is 0 Å². The lowest BCUT2D eigenvalue weighted by atomic mass is 10.1. The Morgan fingerprint density at radius 3 is 2.72 bits per heavy atom. The quantitative estimate of drug-likeness (QED) is 0.488. The van der Waals surface area contributed by atoms with Crippen molar-refractivity contribution >= 4 is 17.0 Å². The summed E-state index contributed by atoms with van der Waals surface area (Å²) in [4.78, 5) is 17.7. The SMILES string of the molecule is Cc1nn(C)c2nc(C3CC3)cc(C(=O)OCc3ccc(-n4cccn4)cc3)c12. The summed E-state index contributed by atoms with van der Waals surface area (Å²) < 4.78 is 9.17. The highest BCUT2D eigenvalue weighted by atomic mass is 16.5. The van der Waals surface area contributed by atoms with Crippen LogP contribution in [0.5, 0.6) is 0 Å². The second kappa shape index (κ2) is 6.84. The molecule has 3 heterocycles. The Kier molecular flexibility index (Phi) is 4.16. The van der Waals surface area contributed by atoms with Gasteiger partial charge in [-0.1, -0.05) is 12.1 Å². The molecule has 0 bridgehead atoms. The highest BCUT2D eigenvalue weighted by Crippen LogP contribution is 2.40. The fourth-order valence-corrected chi connectivity index (χ4v) is 3.61. The lowest BCUT2D eigenvalue weighted by Crippen LogP contribution is -2.08. The predicted molar refractivity (Wildman–Crippen MR) is 108 cm³/mol.